The van der Waals surface area contributed by atoms with Crippen molar-refractivity contribution in [3.63, 3.8) is 0 Å². The number of aromatic nitrogens is 2. The number of thiazole rings is 1. The summed E-state index contributed by atoms with van der Waals surface area (Å²) in [4.78, 5) is 4.32. The van der Waals surface area contributed by atoms with Crippen molar-refractivity contribution >= 4 is 28.9 Å². The van der Waals surface area contributed by atoms with Crippen molar-refractivity contribution in [3.05, 3.63) is 52.9 Å². The van der Waals surface area contributed by atoms with Crippen LogP contribution in [0.25, 0.3) is 16.9 Å². The number of nitrogens with zero attached hydrogens (tertiary/aromatic N) is 2. The van der Waals surface area contributed by atoms with Crippen molar-refractivity contribution in [3.8, 4) is 16.9 Å². The molecule has 3 nitrogen and oxygen atoms in total. The summed E-state index contributed by atoms with van der Waals surface area (Å²) in [6, 6.07) is 8.62. The molecular weight excluding hydrogens is 309 g/mol. The molecule has 21 heavy (non-hydrogen) atoms. The highest BCUT2D eigenvalue weighted by Crippen LogP contribution is 2.30. The predicted molar refractivity (Wildman–Crippen MR) is 88.0 cm³/mol. The van der Waals surface area contributed by atoms with Crippen molar-refractivity contribution in [2.45, 2.75) is 13.8 Å². The van der Waals surface area contributed by atoms with Crippen LogP contribution in [-0.2, 0) is 0 Å². The fourth-order valence-corrected chi connectivity index (χ4v) is 3.01. The molecule has 0 aliphatic carbocycles. The molecule has 1 aromatic carbocycles. The Bertz CT molecular complexity index is 779. The monoisotopic (exact) mass is 323 g/mol. The van der Waals surface area contributed by atoms with Gasteiger partial charge in [0, 0.05) is 28.0 Å². The van der Waals surface area contributed by atoms with Gasteiger partial charge in [-0.25, -0.2) is 9.37 Å². The second-order valence-corrected chi connectivity index (χ2v) is 5.56. The number of hydrogen-bond acceptors (Lipinski definition) is 3. The van der Waals surface area contributed by atoms with Gasteiger partial charge in [-0.05, 0) is 38.1 Å². The van der Waals surface area contributed by atoms with E-state index in [4.69, 9.17) is 5.73 Å². The fourth-order valence-electron chi connectivity index (χ4n) is 2.45. The number of aryl methyl sites for hydroxylation is 1. The number of rotatable bonds is 2. The van der Waals surface area contributed by atoms with Crippen LogP contribution in [0, 0.1) is 19.7 Å². The van der Waals surface area contributed by atoms with E-state index in [2.05, 4.69) is 11.1 Å². The topological polar surface area (TPSA) is 43.8 Å². The van der Waals surface area contributed by atoms with Crippen LogP contribution in [0.5, 0.6) is 0 Å². The second-order valence-electron chi connectivity index (χ2n) is 4.67. The Hall–Kier alpha value is -1.85. The lowest BCUT2D eigenvalue weighted by Gasteiger charge is -2.09. The molecule has 0 aliphatic heterocycles. The minimum absolute atomic E-state index is 0. The van der Waals surface area contributed by atoms with E-state index in [0.29, 0.717) is 5.13 Å². The molecule has 0 unspecified atom stereocenters. The lowest BCUT2D eigenvalue weighted by molar-refractivity contribution is 0.626. The van der Waals surface area contributed by atoms with E-state index in [0.717, 1.165) is 28.3 Å². The Morgan fingerprint density at radius 1 is 1.24 bits per heavy atom. The average molecular weight is 324 g/mol. The molecule has 0 spiro atoms. The predicted octanol–water partition coefficient (Wildman–Crippen LogP) is 4.36. The maximum absolute atomic E-state index is 13.4. The van der Waals surface area contributed by atoms with Crippen LogP contribution in [0.2, 0.25) is 0 Å². The van der Waals surface area contributed by atoms with Gasteiger partial charge in [-0.15, -0.1) is 23.7 Å². The average Bonchev–Trinajstić information content (AvgIpc) is 2.93. The van der Waals surface area contributed by atoms with Gasteiger partial charge in [0.2, 0.25) is 0 Å². The molecule has 0 fully saturated rings. The van der Waals surface area contributed by atoms with Crippen molar-refractivity contribution < 1.29 is 4.39 Å². The third-order valence-corrected chi connectivity index (χ3v) is 3.97. The SMILES string of the molecule is Cc1cc(-c2csc(N)n2)c(C)n1-c1cccc(F)c1.Cl. The molecule has 0 saturated heterocycles. The van der Waals surface area contributed by atoms with E-state index in [1.54, 1.807) is 6.07 Å². The van der Waals surface area contributed by atoms with Gasteiger partial charge in [-0.2, -0.15) is 0 Å². The zero-order chi connectivity index (χ0) is 14.3. The molecular formula is C15H15ClFN3S. The van der Waals surface area contributed by atoms with Crippen molar-refractivity contribution in [2.24, 2.45) is 0 Å². The standard InChI is InChI=1S/C15H14FN3S.ClH/c1-9-6-13(14-8-20-15(17)18-14)10(2)19(9)12-5-3-4-11(16)7-12;/h3-8H,1-2H3,(H2,17,18);1H. The van der Waals surface area contributed by atoms with E-state index in [-0.39, 0.29) is 18.2 Å². The maximum atomic E-state index is 13.4. The van der Waals surface area contributed by atoms with Gasteiger partial charge in [-0.3, -0.25) is 0 Å². The first kappa shape index (κ1) is 15.5. The smallest absolute Gasteiger partial charge is 0.180 e. The number of hydrogen-bond donors (Lipinski definition) is 1. The molecule has 3 rings (SSSR count). The molecule has 0 bridgehead atoms. The molecule has 0 radical (unpaired) electrons. The van der Waals surface area contributed by atoms with Crippen LogP contribution in [0.3, 0.4) is 0 Å². The van der Waals surface area contributed by atoms with E-state index < -0.39 is 0 Å². The van der Waals surface area contributed by atoms with Gasteiger partial charge in [0.1, 0.15) is 5.82 Å². The van der Waals surface area contributed by atoms with Crippen LogP contribution >= 0.6 is 23.7 Å². The molecule has 3 aromatic rings. The number of nitrogen functional groups attached to an aromatic ring is 1. The quantitative estimate of drug-likeness (QED) is 0.761. The molecule has 6 heteroatoms. The Balaban J connectivity index is 0.00000161. The van der Waals surface area contributed by atoms with E-state index >= 15 is 0 Å². The van der Waals surface area contributed by atoms with Crippen molar-refractivity contribution in [1.29, 1.82) is 0 Å². The Morgan fingerprint density at radius 3 is 2.62 bits per heavy atom. The van der Waals surface area contributed by atoms with Gasteiger partial charge >= 0.3 is 0 Å². The van der Waals surface area contributed by atoms with Gasteiger partial charge < -0.3 is 10.3 Å². The first-order valence-electron chi connectivity index (χ1n) is 6.22. The van der Waals surface area contributed by atoms with E-state index in [1.165, 1.54) is 23.5 Å². The Labute approximate surface area is 132 Å². The Kier molecular flexibility index (Phi) is 4.34. The highest BCUT2D eigenvalue weighted by atomic mass is 35.5. The lowest BCUT2D eigenvalue weighted by Crippen LogP contribution is -1.99. The van der Waals surface area contributed by atoms with Gasteiger partial charge in [0.15, 0.2) is 5.13 Å². The van der Waals surface area contributed by atoms with Crippen molar-refractivity contribution in [1.82, 2.24) is 9.55 Å². The highest BCUT2D eigenvalue weighted by molar-refractivity contribution is 7.13. The van der Waals surface area contributed by atoms with Crippen LogP contribution in [-0.4, -0.2) is 9.55 Å². The molecule has 0 aliphatic rings. The lowest BCUT2D eigenvalue weighted by atomic mass is 10.2. The molecule has 0 amide bonds. The largest absolute Gasteiger partial charge is 0.375 e. The number of benzene rings is 1. The zero-order valence-electron chi connectivity index (χ0n) is 11.6. The molecule has 0 saturated carbocycles. The summed E-state index contributed by atoms with van der Waals surface area (Å²) < 4.78 is 15.4. The molecule has 2 aromatic heterocycles. The molecule has 2 N–H and O–H groups in total. The number of anilines is 1. The van der Waals surface area contributed by atoms with Crippen LogP contribution in [0.15, 0.2) is 35.7 Å². The first-order chi connectivity index (χ1) is 9.56. The van der Waals surface area contributed by atoms with E-state index in [9.17, 15) is 4.39 Å². The minimum atomic E-state index is -0.241. The summed E-state index contributed by atoms with van der Waals surface area (Å²) in [6.45, 7) is 4.00. The summed E-state index contributed by atoms with van der Waals surface area (Å²) in [5.41, 5.74) is 10.5. The molecule has 110 valence electrons. The maximum Gasteiger partial charge on any atom is 0.180 e. The van der Waals surface area contributed by atoms with Gasteiger partial charge in [0.05, 0.1) is 5.69 Å². The van der Waals surface area contributed by atoms with E-state index in [1.807, 2.05) is 29.9 Å². The summed E-state index contributed by atoms with van der Waals surface area (Å²) in [6.07, 6.45) is 0. The molecule has 0 atom stereocenters. The third-order valence-electron chi connectivity index (χ3n) is 3.30. The third kappa shape index (κ3) is 2.80. The molecule has 2 heterocycles. The van der Waals surface area contributed by atoms with Gasteiger partial charge in [0.25, 0.3) is 0 Å². The van der Waals surface area contributed by atoms with Crippen LogP contribution in [0.1, 0.15) is 11.4 Å². The second kappa shape index (κ2) is 5.87. The number of halogens is 2. The summed E-state index contributed by atoms with van der Waals surface area (Å²) in [5.74, 6) is -0.241. The van der Waals surface area contributed by atoms with Crippen molar-refractivity contribution in [2.75, 3.05) is 5.73 Å². The highest BCUT2D eigenvalue weighted by Gasteiger charge is 2.14. The summed E-state index contributed by atoms with van der Waals surface area (Å²) in [7, 11) is 0. The summed E-state index contributed by atoms with van der Waals surface area (Å²) >= 11 is 1.42. The van der Waals surface area contributed by atoms with Crippen LogP contribution < -0.4 is 5.73 Å². The van der Waals surface area contributed by atoms with Gasteiger partial charge in [-0.1, -0.05) is 6.07 Å². The summed E-state index contributed by atoms with van der Waals surface area (Å²) in [5, 5.41) is 2.49. The zero-order valence-corrected chi connectivity index (χ0v) is 13.3. The fraction of sp³-hybridized carbons (Fsp3) is 0.133. The number of nitrogens with two attached hydrogens (primary N) is 1. The van der Waals surface area contributed by atoms with Crippen LogP contribution in [0.4, 0.5) is 9.52 Å². The first-order valence-corrected chi connectivity index (χ1v) is 7.10. The Morgan fingerprint density at radius 2 is 2.00 bits per heavy atom. The minimum Gasteiger partial charge on any atom is -0.375 e. The normalized spacial score (nSPS) is 10.4.